The van der Waals surface area contributed by atoms with Gasteiger partial charge in [-0.05, 0) is 30.2 Å². The summed E-state index contributed by atoms with van der Waals surface area (Å²) < 4.78 is 0. The Morgan fingerprint density at radius 2 is 1.83 bits per heavy atom. The van der Waals surface area contributed by atoms with Crippen LogP contribution < -0.4 is 10.6 Å². The molecule has 3 aromatic rings. The maximum absolute atomic E-state index is 12.2. The van der Waals surface area contributed by atoms with Gasteiger partial charge in [-0.25, -0.2) is 4.79 Å². The number of nitrogens with one attached hydrogen (secondary N) is 2. The van der Waals surface area contributed by atoms with E-state index in [0.717, 1.165) is 27.7 Å². The summed E-state index contributed by atoms with van der Waals surface area (Å²) in [7, 11) is 0. The number of fused-ring (bicyclic) bond motifs is 1. The molecule has 0 aliphatic rings. The molecule has 1 aromatic heterocycles. The highest BCUT2D eigenvalue weighted by Crippen LogP contribution is 2.21. The minimum absolute atomic E-state index is 0.0496. The highest BCUT2D eigenvalue weighted by atomic mass is 16.3. The van der Waals surface area contributed by atoms with Gasteiger partial charge in [-0.15, -0.1) is 0 Å². The lowest BCUT2D eigenvalue weighted by atomic mass is 10.1. The van der Waals surface area contributed by atoms with Crippen LogP contribution in [0.5, 0.6) is 0 Å². The van der Waals surface area contributed by atoms with Crippen LogP contribution in [-0.2, 0) is 13.2 Å². The van der Waals surface area contributed by atoms with Gasteiger partial charge in [-0.3, -0.25) is 4.98 Å². The number of aliphatic hydroxyl groups excluding tert-OH is 1. The molecule has 0 aliphatic heterocycles. The SMILES string of the molecule is Cc1ccc2cccc(NC(=O)NCc3ccccc3CO)c2n1. The molecule has 0 unspecified atom stereocenters. The number of para-hydroxylation sites is 1. The highest BCUT2D eigenvalue weighted by molar-refractivity contribution is 5.99. The molecule has 5 heteroatoms. The van der Waals surface area contributed by atoms with E-state index in [1.807, 2.05) is 61.5 Å². The third-order valence-corrected chi connectivity index (χ3v) is 3.84. The molecule has 0 aliphatic carbocycles. The van der Waals surface area contributed by atoms with E-state index in [9.17, 15) is 9.90 Å². The average Bonchev–Trinajstić information content (AvgIpc) is 2.60. The maximum Gasteiger partial charge on any atom is 0.319 e. The van der Waals surface area contributed by atoms with Crippen LogP contribution in [0.1, 0.15) is 16.8 Å². The lowest BCUT2D eigenvalue weighted by Gasteiger charge is -2.11. The molecule has 3 N–H and O–H groups in total. The number of carbonyl (C=O) groups is 1. The second-order valence-corrected chi connectivity index (χ2v) is 5.56. The Morgan fingerprint density at radius 3 is 2.62 bits per heavy atom. The van der Waals surface area contributed by atoms with Crippen molar-refractivity contribution in [2.75, 3.05) is 5.32 Å². The van der Waals surface area contributed by atoms with Crippen LogP contribution in [-0.4, -0.2) is 16.1 Å². The van der Waals surface area contributed by atoms with E-state index >= 15 is 0 Å². The molecule has 0 atom stereocenters. The van der Waals surface area contributed by atoms with E-state index in [1.54, 1.807) is 0 Å². The number of benzene rings is 2. The third-order valence-electron chi connectivity index (χ3n) is 3.84. The number of pyridine rings is 1. The number of urea groups is 1. The molecule has 2 aromatic carbocycles. The molecule has 0 radical (unpaired) electrons. The smallest absolute Gasteiger partial charge is 0.319 e. The molecule has 5 nitrogen and oxygen atoms in total. The predicted octanol–water partition coefficient (Wildman–Crippen LogP) is 3.36. The highest BCUT2D eigenvalue weighted by Gasteiger charge is 2.08. The summed E-state index contributed by atoms with van der Waals surface area (Å²) in [5, 5.41) is 16.0. The second-order valence-electron chi connectivity index (χ2n) is 5.56. The molecule has 24 heavy (non-hydrogen) atoms. The molecule has 0 spiro atoms. The van der Waals surface area contributed by atoms with Crippen molar-refractivity contribution in [3.8, 4) is 0 Å². The number of amides is 2. The Morgan fingerprint density at radius 1 is 1.04 bits per heavy atom. The normalized spacial score (nSPS) is 10.6. The van der Waals surface area contributed by atoms with Gasteiger partial charge in [0.15, 0.2) is 0 Å². The fourth-order valence-electron chi connectivity index (χ4n) is 2.57. The first kappa shape index (κ1) is 16.0. The quantitative estimate of drug-likeness (QED) is 0.690. The fourth-order valence-corrected chi connectivity index (χ4v) is 2.57. The standard InChI is InChI=1S/C19H19N3O2/c1-13-9-10-14-7-4-8-17(18(14)21-13)22-19(24)20-11-15-5-2-3-6-16(15)12-23/h2-10,23H,11-12H2,1H3,(H2,20,22,24). The van der Waals surface area contributed by atoms with Gasteiger partial charge in [0, 0.05) is 17.6 Å². The van der Waals surface area contributed by atoms with Gasteiger partial charge in [-0.2, -0.15) is 0 Å². The molecule has 2 amide bonds. The number of aliphatic hydroxyl groups is 1. The molecule has 0 fully saturated rings. The summed E-state index contributed by atoms with van der Waals surface area (Å²) in [5.74, 6) is 0. The van der Waals surface area contributed by atoms with Gasteiger partial charge < -0.3 is 15.7 Å². The third kappa shape index (κ3) is 3.52. The molecule has 0 saturated carbocycles. The maximum atomic E-state index is 12.2. The van der Waals surface area contributed by atoms with E-state index in [2.05, 4.69) is 15.6 Å². The van der Waals surface area contributed by atoms with Crippen LogP contribution in [0.4, 0.5) is 10.5 Å². The lowest BCUT2D eigenvalue weighted by molar-refractivity contribution is 0.251. The summed E-state index contributed by atoms with van der Waals surface area (Å²) in [6, 6.07) is 16.8. The van der Waals surface area contributed by atoms with Crippen molar-refractivity contribution in [2.45, 2.75) is 20.1 Å². The first-order chi connectivity index (χ1) is 11.7. The zero-order valence-electron chi connectivity index (χ0n) is 13.4. The Balaban J connectivity index is 1.72. The van der Waals surface area contributed by atoms with E-state index in [-0.39, 0.29) is 12.6 Å². The summed E-state index contributed by atoms with van der Waals surface area (Å²) in [6.07, 6.45) is 0. The summed E-state index contributed by atoms with van der Waals surface area (Å²) >= 11 is 0. The minimum Gasteiger partial charge on any atom is -0.392 e. The number of rotatable bonds is 4. The molecular weight excluding hydrogens is 302 g/mol. The van der Waals surface area contributed by atoms with Crippen LogP contribution in [0.2, 0.25) is 0 Å². The van der Waals surface area contributed by atoms with Crippen molar-refractivity contribution in [2.24, 2.45) is 0 Å². The number of hydrogen-bond acceptors (Lipinski definition) is 3. The van der Waals surface area contributed by atoms with E-state index in [1.165, 1.54) is 0 Å². The molecule has 122 valence electrons. The Kier molecular flexibility index (Phi) is 4.72. The summed E-state index contributed by atoms with van der Waals surface area (Å²) in [6.45, 7) is 2.22. The first-order valence-electron chi connectivity index (χ1n) is 7.76. The van der Waals surface area contributed by atoms with Gasteiger partial charge in [0.05, 0.1) is 17.8 Å². The first-order valence-corrected chi connectivity index (χ1v) is 7.76. The summed E-state index contributed by atoms with van der Waals surface area (Å²) in [5.41, 5.74) is 4.03. The Hall–Kier alpha value is -2.92. The molecule has 1 heterocycles. The van der Waals surface area contributed by atoms with Crippen molar-refractivity contribution in [3.05, 3.63) is 71.4 Å². The van der Waals surface area contributed by atoms with Gasteiger partial charge in [-0.1, -0.05) is 42.5 Å². The van der Waals surface area contributed by atoms with Gasteiger partial charge >= 0.3 is 6.03 Å². The molecule has 0 saturated heterocycles. The van der Waals surface area contributed by atoms with Gasteiger partial charge in [0.25, 0.3) is 0 Å². The molecular formula is C19H19N3O2. The zero-order chi connectivity index (χ0) is 16.9. The molecule has 3 rings (SSSR count). The fraction of sp³-hybridized carbons (Fsp3) is 0.158. The van der Waals surface area contributed by atoms with Crippen LogP contribution in [0.3, 0.4) is 0 Å². The number of anilines is 1. The van der Waals surface area contributed by atoms with Crippen molar-refractivity contribution in [3.63, 3.8) is 0 Å². The van der Waals surface area contributed by atoms with Crippen molar-refractivity contribution in [1.29, 1.82) is 0 Å². The van der Waals surface area contributed by atoms with Gasteiger partial charge in [0.2, 0.25) is 0 Å². The molecule has 0 bridgehead atoms. The zero-order valence-corrected chi connectivity index (χ0v) is 13.4. The number of nitrogens with zero attached hydrogens (tertiary/aromatic N) is 1. The second kappa shape index (κ2) is 7.10. The number of aromatic nitrogens is 1. The summed E-state index contributed by atoms with van der Waals surface area (Å²) in [4.78, 5) is 16.7. The number of aryl methyl sites for hydroxylation is 1. The Bertz CT molecular complexity index is 877. The van der Waals surface area contributed by atoms with Crippen molar-refractivity contribution >= 4 is 22.6 Å². The van der Waals surface area contributed by atoms with E-state index in [0.29, 0.717) is 12.2 Å². The average molecular weight is 321 g/mol. The minimum atomic E-state index is -0.307. The van der Waals surface area contributed by atoms with Crippen LogP contribution in [0.15, 0.2) is 54.6 Å². The number of carbonyl (C=O) groups excluding carboxylic acids is 1. The largest absolute Gasteiger partial charge is 0.392 e. The van der Waals surface area contributed by atoms with Gasteiger partial charge in [0.1, 0.15) is 0 Å². The van der Waals surface area contributed by atoms with Crippen LogP contribution in [0.25, 0.3) is 10.9 Å². The predicted molar refractivity (Wildman–Crippen MR) is 94.7 cm³/mol. The number of hydrogen-bond donors (Lipinski definition) is 3. The van der Waals surface area contributed by atoms with E-state index < -0.39 is 0 Å². The van der Waals surface area contributed by atoms with Crippen LogP contribution >= 0.6 is 0 Å². The van der Waals surface area contributed by atoms with Crippen LogP contribution in [0, 0.1) is 6.92 Å². The Labute approximate surface area is 140 Å². The lowest BCUT2D eigenvalue weighted by Crippen LogP contribution is -2.28. The topological polar surface area (TPSA) is 74.2 Å². The van der Waals surface area contributed by atoms with Crippen molar-refractivity contribution in [1.82, 2.24) is 10.3 Å². The van der Waals surface area contributed by atoms with Crippen molar-refractivity contribution < 1.29 is 9.90 Å². The van der Waals surface area contributed by atoms with E-state index in [4.69, 9.17) is 0 Å². The monoisotopic (exact) mass is 321 g/mol.